The Morgan fingerprint density at radius 1 is 1.23 bits per heavy atom. The smallest absolute Gasteiger partial charge is 0.341 e. The molecular weight excluding hydrogens is 397 g/mol. The monoisotopic (exact) mass is 417 g/mol. The van der Waals surface area contributed by atoms with E-state index in [1.165, 1.54) is 24.3 Å². The zero-order valence-electron chi connectivity index (χ0n) is 16.2. The van der Waals surface area contributed by atoms with Crippen LogP contribution in [0.15, 0.2) is 36.4 Å². The van der Waals surface area contributed by atoms with Crippen molar-refractivity contribution in [2.24, 2.45) is 0 Å². The number of non-ortho nitro benzene ring substituents is 1. The van der Waals surface area contributed by atoms with Gasteiger partial charge in [0.05, 0.1) is 29.4 Å². The number of hydrogen-bond donors (Lipinski definition) is 1. The van der Waals surface area contributed by atoms with Crippen LogP contribution in [0.5, 0.6) is 0 Å². The van der Waals surface area contributed by atoms with Crippen LogP contribution in [0.25, 0.3) is 0 Å². The van der Waals surface area contributed by atoms with Crippen LogP contribution in [0.4, 0.5) is 21.5 Å². The van der Waals surface area contributed by atoms with Crippen LogP contribution in [-0.2, 0) is 14.3 Å². The third kappa shape index (κ3) is 5.09. The van der Waals surface area contributed by atoms with Crippen LogP contribution < -0.4 is 10.2 Å². The molecule has 10 heteroatoms. The van der Waals surface area contributed by atoms with Gasteiger partial charge >= 0.3 is 5.97 Å². The highest BCUT2D eigenvalue weighted by Gasteiger charge is 2.23. The Morgan fingerprint density at radius 2 is 1.97 bits per heavy atom. The molecule has 1 N–H and O–H groups in total. The maximum atomic E-state index is 13.4. The molecule has 0 radical (unpaired) electrons. The van der Waals surface area contributed by atoms with Crippen LogP contribution in [0, 0.1) is 22.9 Å². The fraction of sp³-hybridized carbons (Fsp3) is 0.300. The van der Waals surface area contributed by atoms with E-state index in [1.807, 2.05) is 4.90 Å². The van der Waals surface area contributed by atoms with Crippen LogP contribution in [0.3, 0.4) is 0 Å². The molecule has 1 heterocycles. The molecule has 3 rings (SSSR count). The van der Waals surface area contributed by atoms with Crippen LogP contribution >= 0.6 is 0 Å². The summed E-state index contributed by atoms with van der Waals surface area (Å²) >= 11 is 0. The van der Waals surface area contributed by atoms with Crippen molar-refractivity contribution in [3.05, 3.63) is 63.5 Å². The number of carbonyl (C=O) groups excluding carboxylic acids is 2. The number of benzene rings is 2. The van der Waals surface area contributed by atoms with Crippen molar-refractivity contribution in [3.8, 4) is 0 Å². The Bertz CT molecular complexity index is 975. The third-order valence-electron chi connectivity index (χ3n) is 4.57. The number of ether oxygens (including phenoxy) is 2. The van der Waals surface area contributed by atoms with Crippen molar-refractivity contribution >= 4 is 28.9 Å². The highest BCUT2D eigenvalue weighted by atomic mass is 19.1. The van der Waals surface area contributed by atoms with E-state index in [2.05, 4.69) is 5.32 Å². The zero-order valence-corrected chi connectivity index (χ0v) is 16.2. The molecule has 0 atom stereocenters. The van der Waals surface area contributed by atoms with Gasteiger partial charge in [-0.2, -0.15) is 0 Å². The number of morpholine rings is 1. The fourth-order valence-corrected chi connectivity index (χ4v) is 3.01. The van der Waals surface area contributed by atoms with Gasteiger partial charge in [-0.3, -0.25) is 14.9 Å². The third-order valence-corrected chi connectivity index (χ3v) is 4.57. The molecule has 0 aliphatic carbocycles. The lowest BCUT2D eigenvalue weighted by atomic mass is 10.1. The normalized spacial score (nSPS) is 13.6. The van der Waals surface area contributed by atoms with Crippen LogP contribution in [-0.4, -0.2) is 49.7 Å². The van der Waals surface area contributed by atoms with E-state index < -0.39 is 29.2 Å². The van der Waals surface area contributed by atoms with Gasteiger partial charge in [0.15, 0.2) is 6.61 Å². The molecule has 1 saturated heterocycles. The topological polar surface area (TPSA) is 111 Å². The van der Waals surface area contributed by atoms with E-state index in [0.29, 0.717) is 37.6 Å². The van der Waals surface area contributed by atoms with Gasteiger partial charge in [-0.15, -0.1) is 0 Å². The number of hydrogen-bond acceptors (Lipinski definition) is 7. The lowest BCUT2D eigenvalue weighted by Crippen LogP contribution is -2.37. The number of nitrogens with zero attached hydrogens (tertiary/aromatic N) is 2. The molecule has 30 heavy (non-hydrogen) atoms. The highest BCUT2D eigenvalue weighted by Crippen LogP contribution is 2.27. The molecule has 1 fully saturated rings. The molecule has 1 aliphatic heterocycles. The number of nitro benzene ring substituents is 1. The van der Waals surface area contributed by atoms with Crippen molar-refractivity contribution in [1.82, 2.24) is 0 Å². The fourth-order valence-electron chi connectivity index (χ4n) is 3.01. The van der Waals surface area contributed by atoms with E-state index in [-0.39, 0.29) is 16.9 Å². The average molecular weight is 417 g/mol. The summed E-state index contributed by atoms with van der Waals surface area (Å²) in [5.74, 6) is -2.04. The van der Waals surface area contributed by atoms with Gasteiger partial charge in [0, 0.05) is 30.9 Å². The predicted octanol–water partition coefficient (Wildman–Crippen LogP) is 2.67. The Kier molecular flexibility index (Phi) is 6.58. The molecule has 0 unspecified atom stereocenters. The molecule has 2 aromatic rings. The van der Waals surface area contributed by atoms with Gasteiger partial charge in [0.1, 0.15) is 5.82 Å². The van der Waals surface area contributed by atoms with E-state index in [9.17, 15) is 24.1 Å². The van der Waals surface area contributed by atoms with Gasteiger partial charge in [-0.25, -0.2) is 9.18 Å². The number of esters is 1. The molecule has 1 amide bonds. The Balaban J connectivity index is 1.73. The first-order chi connectivity index (χ1) is 14.3. The SMILES string of the molecule is Cc1ccc(F)cc1NC(=O)COC(=O)c1cc([N+](=O)[O-])ccc1N1CCOCC1. The molecule has 0 bridgehead atoms. The molecule has 2 aromatic carbocycles. The van der Waals surface area contributed by atoms with Crippen molar-refractivity contribution in [2.75, 3.05) is 43.1 Å². The summed E-state index contributed by atoms with van der Waals surface area (Å²) in [6.45, 7) is 3.01. The largest absolute Gasteiger partial charge is 0.452 e. The minimum Gasteiger partial charge on any atom is -0.452 e. The van der Waals surface area contributed by atoms with Gasteiger partial charge in [-0.1, -0.05) is 6.07 Å². The molecular formula is C20H20FN3O6. The summed E-state index contributed by atoms with van der Waals surface area (Å²) in [6.07, 6.45) is 0. The van der Waals surface area contributed by atoms with Gasteiger partial charge < -0.3 is 19.7 Å². The molecule has 1 aliphatic rings. The lowest BCUT2D eigenvalue weighted by molar-refractivity contribution is -0.384. The van der Waals surface area contributed by atoms with E-state index in [1.54, 1.807) is 6.92 Å². The second-order valence-corrected chi connectivity index (χ2v) is 6.64. The van der Waals surface area contributed by atoms with E-state index >= 15 is 0 Å². The molecule has 9 nitrogen and oxygen atoms in total. The number of halogens is 1. The van der Waals surface area contributed by atoms with E-state index in [0.717, 1.165) is 12.1 Å². The standard InChI is InChI=1S/C20H20FN3O6/c1-13-2-3-14(21)10-17(13)22-19(25)12-30-20(26)16-11-15(24(27)28)4-5-18(16)23-6-8-29-9-7-23/h2-5,10-11H,6-9,12H2,1H3,(H,22,25). The average Bonchev–Trinajstić information content (AvgIpc) is 2.74. The second kappa shape index (κ2) is 9.31. The molecule has 0 aromatic heterocycles. The highest BCUT2D eigenvalue weighted by molar-refractivity contribution is 5.99. The summed E-state index contributed by atoms with van der Waals surface area (Å²) in [6, 6.07) is 7.85. The number of nitrogens with one attached hydrogen (secondary N) is 1. The summed E-state index contributed by atoms with van der Waals surface area (Å²) < 4.78 is 23.7. The summed E-state index contributed by atoms with van der Waals surface area (Å²) in [5, 5.41) is 13.6. The van der Waals surface area contributed by atoms with Crippen LogP contribution in [0.1, 0.15) is 15.9 Å². The van der Waals surface area contributed by atoms with E-state index in [4.69, 9.17) is 9.47 Å². The second-order valence-electron chi connectivity index (χ2n) is 6.64. The summed E-state index contributed by atoms with van der Waals surface area (Å²) in [4.78, 5) is 37.1. The number of amides is 1. The number of aryl methyl sites for hydroxylation is 1. The first kappa shape index (κ1) is 21.2. The lowest BCUT2D eigenvalue weighted by Gasteiger charge is -2.30. The quantitative estimate of drug-likeness (QED) is 0.437. The number of nitro groups is 1. The maximum Gasteiger partial charge on any atom is 0.341 e. The zero-order chi connectivity index (χ0) is 21.7. The molecule has 0 spiro atoms. The first-order valence-corrected chi connectivity index (χ1v) is 9.19. The van der Waals surface area contributed by atoms with Crippen molar-refractivity contribution in [1.29, 1.82) is 0 Å². The van der Waals surface area contributed by atoms with Crippen molar-refractivity contribution < 1.29 is 28.4 Å². The first-order valence-electron chi connectivity index (χ1n) is 9.19. The van der Waals surface area contributed by atoms with Gasteiger partial charge in [-0.05, 0) is 30.7 Å². The number of anilines is 2. The maximum absolute atomic E-state index is 13.4. The Morgan fingerprint density at radius 3 is 2.67 bits per heavy atom. The molecule has 0 saturated carbocycles. The minimum atomic E-state index is -0.869. The van der Waals surface area contributed by atoms with Crippen molar-refractivity contribution in [3.63, 3.8) is 0 Å². The summed E-state index contributed by atoms with van der Waals surface area (Å²) in [5.41, 5.74) is 1.10. The van der Waals surface area contributed by atoms with Gasteiger partial charge in [0.2, 0.25) is 0 Å². The minimum absolute atomic E-state index is 0.0131. The van der Waals surface area contributed by atoms with Crippen molar-refractivity contribution in [2.45, 2.75) is 6.92 Å². The number of carbonyl (C=O) groups is 2. The van der Waals surface area contributed by atoms with Crippen LogP contribution in [0.2, 0.25) is 0 Å². The molecule has 158 valence electrons. The van der Waals surface area contributed by atoms with Gasteiger partial charge in [0.25, 0.3) is 11.6 Å². The Labute approximate surface area is 171 Å². The summed E-state index contributed by atoms with van der Waals surface area (Å²) in [7, 11) is 0. The predicted molar refractivity (Wildman–Crippen MR) is 106 cm³/mol. The number of rotatable bonds is 6. The Hall–Kier alpha value is -3.53.